The molecule has 0 saturated heterocycles. The van der Waals surface area contributed by atoms with Gasteiger partial charge in [-0.25, -0.2) is 0 Å². The lowest BCUT2D eigenvalue weighted by molar-refractivity contribution is -0.138. The number of aromatic amines is 1. The van der Waals surface area contributed by atoms with Crippen molar-refractivity contribution in [2.75, 3.05) is 5.32 Å². The highest BCUT2D eigenvalue weighted by atomic mass is 19.4. The molecule has 0 saturated carbocycles. The van der Waals surface area contributed by atoms with E-state index in [0.29, 0.717) is 0 Å². The van der Waals surface area contributed by atoms with Crippen molar-refractivity contribution in [3.05, 3.63) is 46.8 Å². The van der Waals surface area contributed by atoms with Crippen LogP contribution in [0.4, 0.5) is 18.9 Å². The molecule has 2 aromatic rings. The van der Waals surface area contributed by atoms with E-state index < -0.39 is 23.6 Å². The van der Waals surface area contributed by atoms with Gasteiger partial charge >= 0.3 is 12.1 Å². The molecule has 0 atom stereocenters. The minimum atomic E-state index is -4.46. The molecule has 1 heterocycles. The number of aromatic nitrogens is 2. The van der Waals surface area contributed by atoms with Crippen LogP contribution in [-0.2, 0) is 17.4 Å². The molecule has 24 heavy (non-hydrogen) atoms. The standard InChI is InChI=1S/C15H14F3N3O3/c1-8-6-9(2-3-11(8)15(16,17)18)20-14(24)10-7-19-21-12(10)4-5-13(22)23/h2-3,6-7H,4-5H2,1H3,(H,19,21)(H,20,24)(H,22,23). The highest BCUT2D eigenvalue weighted by Gasteiger charge is 2.32. The summed E-state index contributed by atoms with van der Waals surface area (Å²) in [7, 11) is 0. The number of carbonyl (C=O) groups is 2. The van der Waals surface area contributed by atoms with Gasteiger partial charge in [-0.3, -0.25) is 14.7 Å². The number of benzene rings is 1. The molecule has 2 rings (SSSR count). The zero-order valence-corrected chi connectivity index (χ0v) is 12.6. The molecule has 1 aromatic carbocycles. The van der Waals surface area contributed by atoms with Crippen molar-refractivity contribution >= 4 is 17.6 Å². The van der Waals surface area contributed by atoms with Gasteiger partial charge in [-0.15, -0.1) is 0 Å². The topological polar surface area (TPSA) is 95.1 Å². The number of amides is 1. The molecule has 9 heteroatoms. The predicted octanol–water partition coefficient (Wildman–Crippen LogP) is 3.01. The summed E-state index contributed by atoms with van der Waals surface area (Å²) in [5, 5.41) is 17.4. The maximum Gasteiger partial charge on any atom is 0.416 e. The second-order valence-corrected chi connectivity index (χ2v) is 5.12. The Morgan fingerprint density at radius 3 is 2.62 bits per heavy atom. The summed E-state index contributed by atoms with van der Waals surface area (Å²) in [6.45, 7) is 1.30. The third-order valence-electron chi connectivity index (χ3n) is 3.33. The van der Waals surface area contributed by atoms with Gasteiger partial charge in [0.15, 0.2) is 0 Å². The summed E-state index contributed by atoms with van der Waals surface area (Å²) >= 11 is 0. The molecule has 1 amide bonds. The number of alkyl halides is 3. The van der Waals surface area contributed by atoms with Crippen LogP contribution in [0.25, 0.3) is 0 Å². The number of halogens is 3. The van der Waals surface area contributed by atoms with E-state index in [1.165, 1.54) is 19.2 Å². The predicted molar refractivity (Wildman–Crippen MR) is 78.7 cm³/mol. The fourth-order valence-corrected chi connectivity index (χ4v) is 2.19. The summed E-state index contributed by atoms with van der Waals surface area (Å²) in [6, 6.07) is 3.27. The van der Waals surface area contributed by atoms with Crippen molar-refractivity contribution in [3.63, 3.8) is 0 Å². The molecule has 1 aromatic heterocycles. The molecule has 0 bridgehead atoms. The number of rotatable bonds is 5. The van der Waals surface area contributed by atoms with Crippen LogP contribution in [0, 0.1) is 6.92 Å². The number of carbonyl (C=O) groups excluding carboxylic acids is 1. The van der Waals surface area contributed by atoms with Crippen molar-refractivity contribution in [1.82, 2.24) is 10.2 Å². The number of carboxylic acids is 1. The third-order valence-corrected chi connectivity index (χ3v) is 3.33. The van der Waals surface area contributed by atoms with Gasteiger partial charge in [-0.2, -0.15) is 18.3 Å². The van der Waals surface area contributed by atoms with E-state index in [9.17, 15) is 22.8 Å². The monoisotopic (exact) mass is 341 g/mol. The van der Waals surface area contributed by atoms with E-state index in [2.05, 4.69) is 15.5 Å². The summed E-state index contributed by atoms with van der Waals surface area (Å²) in [6.07, 6.45) is -3.28. The quantitative estimate of drug-likeness (QED) is 0.779. The van der Waals surface area contributed by atoms with Gasteiger partial charge in [0.05, 0.1) is 23.2 Å². The number of hydrogen-bond donors (Lipinski definition) is 3. The number of nitrogens with zero attached hydrogens (tertiary/aromatic N) is 1. The van der Waals surface area contributed by atoms with Gasteiger partial charge in [0.25, 0.3) is 5.91 Å². The molecular weight excluding hydrogens is 327 g/mol. The smallest absolute Gasteiger partial charge is 0.416 e. The maximum atomic E-state index is 12.7. The molecule has 6 nitrogen and oxygen atoms in total. The Labute approximate surface area is 134 Å². The lowest BCUT2D eigenvalue weighted by Gasteiger charge is -2.12. The highest BCUT2D eigenvalue weighted by molar-refractivity contribution is 6.05. The van der Waals surface area contributed by atoms with E-state index in [0.717, 1.165) is 12.1 Å². The highest BCUT2D eigenvalue weighted by Crippen LogP contribution is 2.32. The van der Waals surface area contributed by atoms with Crippen molar-refractivity contribution in [1.29, 1.82) is 0 Å². The third kappa shape index (κ3) is 4.12. The molecule has 0 unspecified atom stereocenters. The largest absolute Gasteiger partial charge is 0.481 e. The fourth-order valence-electron chi connectivity index (χ4n) is 2.19. The molecule has 0 radical (unpaired) electrons. The Morgan fingerprint density at radius 2 is 2.04 bits per heavy atom. The average molecular weight is 341 g/mol. The summed E-state index contributed by atoms with van der Waals surface area (Å²) in [5.74, 6) is -1.61. The van der Waals surface area contributed by atoms with Crippen molar-refractivity contribution in [3.8, 4) is 0 Å². The number of hydrogen-bond acceptors (Lipinski definition) is 3. The minimum absolute atomic E-state index is 0.0152. The number of nitrogens with one attached hydrogen (secondary N) is 2. The molecule has 0 fully saturated rings. The first-order valence-corrected chi connectivity index (χ1v) is 6.92. The van der Waals surface area contributed by atoms with E-state index in [1.807, 2.05) is 0 Å². The summed E-state index contributed by atoms with van der Waals surface area (Å²) < 4.78 is 38.2. The molecule has 0 aliphatic carbocycles. The Bertz CT molecular complexity index is 769. The fraction of sp³-hybridized carbons (Fsp3) is 0.267. The van der Waals surface area contributed by atoms with Gasteiger partial charge < -0.3 is 10.4 Å². The average Bonchev–Trinajstić information content (AvgIpc) is 2.92. The second kappa shape index (κ2) is 6.73. The zero-order chi connectivity index (χ0) is 17.9. The van der Waals surface area contributed by atoms with E-state index >= 15 is 0 Å². The molecule has 128 valence electrons. The van der Waals surface area contributed by atoms with Gasteiger partial charge in [0.2, 0.25) is 0 Å². The number of carboxylic acid groups (broad SMARTS) is 1. The Kier molecular flexibility index (Phi) is 4.91. The van der Waals surface area contributed by atoms with Crippen molar-refractivity contribution in [2.45, 2.75) is 25.9 Å². The van der Waals surface area contributed by atoms with E-state index in [-0.39, 0.29) is 35.3 Å². The molecule has 0 spiro atoms. The van der Waals surface area contributed by atoms with Crippen LogP contribution in [-0.4, -0.2) is 27.2 Å². The number of aliphatic carboxylic acids is 1. The van der Waals surface area contributed by atoms with Crippen molar-refractivity contribution in [2.24, 2.45) is 0 Å². The first-order chi connectivity index (χ1) is 11.2. The van der Waals surface area contributed by atoms with Crippen LogP contribution in [0.1, 0.15) is 33.6 Å². The lowest BCUT2D eigenvalue weighted by atomic mass is 10.1. The van der Waals surface area contributed by atoms with Crippen LogP contribution in [0.5, 0.6) is 0 Å². The van der Waals surface area contributed by atoms with Gasteiger partial charge in [0.1, 0.15) is 0 Å². The summed E-state index contributed by atoms with van der Waals surface area (Å²) in [5.41, 5.74) is -0.159. The Balaban J connectivity index is 2.15. The van der Waals surface area contributed by atoms with E-state index in [1.54, 1.807) is 0 Å². The van der Waals surface area contributed by atoms with Gasteiger partial charge in [-0.1, -0.05) is 0 Å². The lowest BCUT2D eigenvalue weighted by Crippen LogP contribution is -2.15. The molecule has 0 aliphatic rings. The van der Waals surface area contributed by atoms with Crippen molar-refractivity contribution < 1.29 is 27.9 Å². The molecule has 0 aliphatic heterocycles. The van der Waals surface area contributed by atoms with Crippen LogP contribution < -0.4 is 5.32 Å². The number of aryl methyl sites for hydroxylation is 2. The minimum Gasteiger partial charge on any atom is -0.481 e. The second-order valence-electron chi connectivity index (χ2n) is 5.12. The molecular formula is C15H14F3N3O3. The van der Waals surface area contributed by atoms with Crippen LogP contribution >= 0.6 is 0 Å². The van der Waals surface area contributed by atoms with Crippen LogP contribution in [0.2, 0.25) is 0 Å². The van der Waals surface area contributed by atoms with Gasteiger partial charge in [0, 0.05) is 18.3 Å². The van der Waals surface area contributed by atoms with Crippen LogP contribution in [0.15, 0.2) is 24.4 Å². The normalized spacial score (nSPS) is 11.3. The Morgan fingerprint density at radius 1 is 1.33 bits per heavy atom. The Hall–Kier alpha value is -2.84. The maximum absolute atomic E-state index is 12.7. The summed E-state index contributed by atoms with van der Waals surface area (Å²) in [4.78, 5) is 22.8. The van der Waals surface area contributed by atoms with E-state index in [4.69, 9.17) is 5.11 Å². The number of anilines is 1. The number of H-pyrrole nitrogens is 1. The first kappa shape index (κ1) is 17.5. The molecule has 3 N–H and O–H groups in total. The van der Waals surface area contributed by atoms with Gasteiger partial charge in [-0.05, 0) is 30.7 Å². The zero-order valence-electron chi connectivity index (χ0n) is 12.6. The van der Waals surface area contributed by atoms with Crippen LogP contribution in [0.3, 0.4) is 0 Å². The first-order valence-electron chi connectivity index (χ1n) is 6.92. The SMILES string of the molecule is Cc1cc(NC(=O)c2c[nH]nc2CCC(=O)O)ccc1C(F)(F)F.